The molecule has 2 nitrogen and oxygen atoms in total. The molecule has 2 aliphatic carbocycles. The first-order valence-corrected chi connectivity index (χ1v) is 8.48. The minimum atomic E-state index is -0.0632. The van der Waals surface area contributed by atoms with E-state index in [0.717, 1.165) is 37.0 Å². The zero-order valence-electron chi connectivity index (χ0n) is 12.7. The van der Waals surface area contributed by atoms with E-state index in [-0.39, 0.29) is 12.2 Å². The highest BCUT2D eigenvalue weighted by molar-refractivity contribution is 4.86. The number of aliphatic hydroxyl groups is 2. The van der Waals surface area contributed by atoms with Gasteiger partial charge in [-0.15, -0.1) is 0 Å². The first kappa shape index (κ1) is 15.3. The van der Waals surface area contributed by atoms with Crippen LogP contribution in [0.2, 0.25) is 0 Å². The molecule has 2 aliphatic rings. The Hall–Kier alpha value is -0.0800. The van der Waals surface area contributed by atoms with Crippen LogP contribution >= 0.6 is 0 Å². The molecule has 4 unspecified atom stereocenters. The van der Waals surface area contributed by atoms with Gasteiger partial charge in [0.2, 0.25) is 0 Å². The van der Waals surface area contributed by atoms with Crippen LogP contribution in [0, 0.1) is 23.7 Å². The van der Waals surface area contributed by atoms with Crippen LogP contribution in [-0.4, -0.2) is 22.4 Å². The van der Waals surface area contributed by atoms with Gasteiger partial charge in [0.1, 0.15) is 0 Å². The Bertz CT molecular complexity index is 258. The smallest absolute Gasteiger partial charge is 0.0566 e. The van der Waals surface area contributed by atoms with Crippen molar-refractivity contribution in [1.82, 2.24) is 0 Å². The predicted octanol–water partition coefficient (Wildman–Crippen LogP) is 3.75. The zero-order chi connectivity index (χ0) is 13.8. The molecular weight excluding hydrogens is 236 g/mol. The van der Waals surface area contributed by atoms with Gasteiger partial charge in [0, 0.05) is 0 Å². The summed E-state index contributed by atoms with van der Waals surface area (Å²) in [6.45, 7) is 4.51. The summed E-state index contributed by atoms with van der Waals surface area (Å²) in [5, 5.41) is 19.6. The van der Waals surface area contributed by atoms with Gasteiger partial charge in [0.25, 0.3) is 0 Å². The summed E-state index contributed by atoms with van der Waals surface area (Å²) in [5.74, 6) is 2.97. The second-order valence-corrected chi connectivity index (χ2v) is 7.14. The van der Waals surface area contributed by atoms with E-state index in [9.17, 15) is 10.2 Å². The topological polar surface area (TPSA) is 40.5 Å². The van der Waals surface area contributed by atoms with Crippen LogP contribution in [0.4, 0.5) is 0 Å². The maximum absolute atomic E-state index is 9.92. The molecule has 2 saturated carbocycles. The third-order valence-electron chi connectivity index (χ3n) is 5.74. The fourth-order valence-electron chi connectivity index (χ4n) is 4.53. The number of hydrogen-bond acceptors (Lipinski definition) is 2. The van der Waals surface area contributed by atoms with Gasteiger partial charge in [0.05, 0.1) is 12.2 Å². The number of aliphatic hydroxyl groups excluding tert-OH is 2. The van der Waals surface area contributed by atoms with Crippen LogP contribution in [0.15, 0.2) is 0 Å². The highest BCUT2D eigenvalue weighted by atomic mass is 16.3. The lowest BCUT2D eigenvalue weighted by atomic mass is 9.65. The lowest BCUT2D eigenvalue weighted by molar-refractivity contribution is 0.0152. The van der Waals surface area contributed by atoms with Gasteiger partial charge in [-0.05, 0) is 68.6 Å². The van der Waals surface area contributed by atoms with Crippen LogP contribution in [0.1, 0.15) is 71.6 Å². The van der Waals surface area contributed by atoms with Crippen LogP contribution in [0.25, 0.3) is 0 Å². The Kier molecular flexibility index (Phi) is 5.70. The van der Waals surface area contributed by atoms with Crippen molar-refractivity contribution in [2.45, 2.75) is 83.8 Å². The third kappa shape index (κ3) is 3.95. The molecular formula is C17H32O2. The van der Waals surface area contributed by atoms with E-state index in [2.05, 4.69) is 13.8 Å². The summed E-state index contributed by atoms with van der Waals surface area (Å²) in [6.07, 6.45) is 10.4. The summed E-state index contributed by atoms with van der Waals surface area (Å²) in [7, 11) is 0. The molecule has 0 heterocycles. The van der Waals surface area contributed by atoms with Crippen molar-refractivity contribution in [3.8, 4) is 0 Å². The van der Waals surface area contributed by atoms with E-state index in [1.807, 2.05) is 0 Å². The van der Waals surface area contributed by atoms with E-state index in [1.54, 1.807) is 0 Å². The molecule has 0 aromatic rings. The molecule has 0 aromatic heterocycles. The molecule has 0 spiro atoms. The van der Waals surface area contributed by atoms with Crippen LogP contribution < -0.4 is 0 Å². The number of hydrogen-bond donors (Lipinski definition) is 2. The fraction of sp³-hybridized carbons (Fsp3) is 1.00. The summed E-state index contributed by atoms with van der Waals surface area (Å²) in [5.41, 5.74) is 0. The average Bonchev–Trinajstić information content (AvgIpc) is 2.41. The largest absolute Gasteiger partial charge is 0.393 e. The van der Waals surface area contributed by atoms with Crippen LogP contribution in [0.3, 0.4) is 0 Å². The second-order valence-electron chi connectivity index (χ2n) is 7.14. The summed E-state index contributed by atoms with van der Waals surface area (Å²) >= 11 is 0. The van der Waals surface area contributed by atoms with Gasteiger partial charge in [0.15, 0.2) is 0 Å². The zero-order valence-corrected chi connectivity index (χ0v) is 12.7. The molecule has 112 valence electrons. The Morgan fingerprint density at radius 1 is 0.947 bits per heavy atom. The molecule has 0 radical (unpaired) electrons. The van der Waals surface area contributed by atoms with Crippen molar-refractivity contribution in [2.75, 3.05) is 0 Å². The van der Waals surface area contributed by atoms with E-state index in [0.29, 0.717) is 5.92 Å². The highest BCUT2D eigenvalue weighted by Gasteiger charge is 2.35. The molecule has 0 amide bonds. The van der Waals surface area contributed by atoms with Gasteiger partial charge in [-0.25, -0.2) is 0 Å². The number of rotatable bonds is 4. The first-order valence-electron chi connectivity index (χ1n) is 8.48. The van der Waals surface area contributed by atoms with Crippen molar-refractivity contribution in [1.29, 1.82) is 0 Å². The SMILES string of the molecule is CCCC(C1CCC(O)CC1)C1CCC(O)C(C)C1. The molecule has 4 atom stereocenters. The molecule has 0 bridgehead atoms. The summed E-state index contributed by atoms with van der Waals surface area (Å²) in [4.78, 5) is 0. The Labute approximate surface area is 118 Å². The normalized spacial score (nSPS) is 42.0. The second kappa shape index (κ2) is 7.08. The maximum atomic E-state index is 9.92. The molecule has 0 aromatic carbocycles. The van der Waals surface area contributed by atoms with E-state index < -0.39 is 0 Å². The van der Waals surface area contributed by atoms with Gasteiger partial charge in [-0.2, -0.15) is 0 Å². The lowest BCUT2D eigenvalue weighted by Crippen LogP contribution is -2.35. The average molecular weight is 268 g/mol. The van der Waals surface area contributed by atoms with E-state index >= 15 is 0 Å². The summed E-state index contributed by atoms with van der Waals surface area (Å²) in [6, 6.07) is 0. The van der Waals surface area contributed by atoms with Gasteiger partial charge < -0.3 is 10.2 Å². The van der Waals surface area contributed by atoms with Crippen molar-refractivity contribution >= 4 is 0 Å². The molecule has 2 fully saturated rings. The van der Waals surface area contributed by atoms with Gasteiger partial charge in [-0.1, -0.05) is 26.7 Å². The van der Waals surface area contributed by atoms with Crippen molar-refractivity contribution < 1.29 is 10.2 Å². The first-order chi connectivity index (χ1) is 9.11. The van der Waals surface area contributed by atoms with Crippen LogP contribution in [-0.2, 0) is 0 Å². The minimum absolute atomic E-state index is 0.0365. The highest BCUT2D eigenvalue weighted by Crippen LogP contribution is 2.43. The molecule has 2 heteroatoms. The summed E-state index contributed by atoms with van der Waals surface area (Å²) < 4.78 is 0. The Balaban J connectivity index is 1.95. The molecule has 0 aliphatic heterocycles. The van der Waals surface area contributed by atoms with Gasteiger partial charge >= 0.3 is 0 Å². The van der Waals surface area contributed by atoms with E-state index in [4.69, 9.17) is 0 Å². The fourth-order valence-corrected chi connectivity index (χ4v) is 4.53. The van der Waals surface area contributed by atoms with Gasteiger partial charge in [-0.3, -0.25) is 0 Å². The third-order valence-corrected chi connectivity index (χ3v) is 5.74. The minimum Gasteiger partial charge on any atom is -0.393 e. The van der Waals surface area contributed by atoms with Crippen LogP contribution in [0.5, 0.6) is 0 Å². The lowest BCUT2D eigenvalue weighted by Gasteiger charge is -2.41. The van der Waals surface area contributed by atoms with Crippen molar-refractivity contribution in [3.63, 3.8) is 0 Å². The van der Waals surface area contributed by atoms with Crippen molar-refractivity contribution in [2.24, 2.45) is 23.7 Å². The quantitative estimate of drug-likeness (QED) is 0.815. The molecule has 0 saturated heterocycles. The molecule has 19 heavy (non-hydrogen) atoms. The Morgan fingerprint density at radius 3 is 2.16 bits per heavy atom. The predicted molar refractivity (Wildman–Crippen MR) is 78.9 cm³/mol. The molecule has 2 rings (SSSR count). The maximum Gasteiger partial charge on any atom is 0.0566 e. The van der Waals surface area contributed by atoms with Crippen molar-refractivity contribution in [3.05, 3.63) is 0 Å². The standard InChI is InChI=1S/C17H32O2/c1-3-4-16(13-5-8-15(18)9-6-13)14-7-10-17(19)12(2)11-14/h12-19H,3-11H2,1-2H3. The molecule has 2 N–H and O–H groups in total. The van der Waals surface area contributed by atoms with E-state index in [1.165, 1.54) is 38.5 Å². The monoisotopic (exact) mass is 268 g/mol. The Morgan fingerprint density at radius 2 is 1.58 bits per heavy atom.